The predicted octanol–water partition coefficient (Wildman–Crippen LogP) is 0.0596. The Morgan fingerprint density at radius 2 is 2.00 bits per heavy atom. The fraction of sp³-hybridized carbons (Fsp3) is 0.727. The molecular formula is C11H19N5O2. The first-order valence-corrected chi connectivity index (χ1v) is 6.08. The van der Waals surface area contributed by atoms with E-state index in [9.17, 15) is 5.11 Å². The number of rotatable bonds is 3. The maximum Gasteiger partial charge on any atom is 0.322 e. The van der Waals surface area contributed by atoms with E-state index in [1.807, 2.05) is 11.8 Å². The highest BCUT2D eigenvalue weighted by molar-refractivity contribution is 5.36. The van der Waals surface area contributed by atoms with Gasteiger partial charge in [-0.05, 0) is 25.7 Å². The summed E-state index contributed by atoms with van der Waals surface area (Å²) in [5.74, 6) is 1.06. The molecule has 0 aromatic carbocycles. The Hall–Kier alpha value is -1.63. The summed E-state index contributed by atoms with van der Waals surface area (Å²) in [5.41, 5.74) is 5.61. The standard InChI is InChI=1S/C11H19N5O2/c1-7(17)8-3-5-16(6-4-8)10-13-9(12)14-11(15-10)18-2/h7-8,17H,3-6H2,1-2H3,(H2,12,13,14,15). The average molecular weight is 253 g/mol. The molecule has 1 fully saturated rings. The molecule has 7 nitrogen and oxygen atoms in total. The van der Waals surface area contributed by atoms with Crippen molar-refractivity contribution in [1.29, 1.82) is 0 Å². The summed E-state index contributed by atoms with van der Waals surface area (Å²) in [5, 5.41) is 9.56. The summed E-state index contributed by atoms with van der Waals surface area (Å²) in [6.07, 6.45) is 1.59. The minimum atomic E-state index is -0.259. The van der Waals surface area contributed by atoms with E-state index in [2.05, 4.69) is 15.0 Å². The van der Waals surface area contributed by atoms with Crippen LogP contribution in [0.1, 0.15) is 19.8 Å². The lowest BCUT2D eigenvalue weighted by Crippen LogP contribution is -2.38. The van der Waals surface area contributed by atoms with E-state index in [0.29, 0.717) is 11.9 Å². The third kappa shape index (κ3) is 2.79. The highest BCUT2D eigenvalue weighted by atomic mass is 16.5. The molecule has 0 spiro atoms. The van der Waals surface area contributed by atoms with Gasteiger partial charge in [-0.2, -0.15) is 15.0 Å². The van der Waals surface area contributed by atoms with Gasteiger partial charge in [-0.15, -0.1) is 0 Å². The summed E-state index contributed by atoms with van der Waals surface area (Å²) >= 11 is 0. The number of methoxy groups -OCH3 is 1. The van der Waals surface area contributed by atoms with Gasteiger partial charge in [-0.25, -0.2) is 0 Å². The second kappa shape index (κ2) is 5.34. The number of aliphatic hydroxyl groups is 1. The Kier molecular flexibility index (Phi) is 3.81. The summed E-state index contributed by atoms with van der Waals surface area (Å²) in [6, 6.07) is 0.232. The van der Waals surface area contributed by atoms with Crippen LogP contribution >= 0.6 is 0 Å². The SMILES string of the molecule is COc1nc(N)nc(N2CCC(C(C)O)CC2)n1. The van der Waals surface area contributed by atoms with Gasteiger partial charge in [-0.1, -0.05) is 0 Å². The number of aliphatic hydroxyl groups excluding tert-OH is 1. The van der Waals surface area contributed by atoms with Crippen molar-refractivity contribution < 1.29 is 9.84 Å². The number of aromatic nitrogens is 3. The number of hydrogen-bond donors (Lipinski definition) is 2. The first kappa shape index (κ1) is 12.8. The molecule has 1 atom stereocenters. The van der Waals surface area contributed by atoms with Crippen LogP contribution in [0, 0.1) is 5.92 Å². The number of anilines is 2. The van der Waals surface area contributed by atoms with Crippen molar-refractivity contribution in [2.45, 2.75) is 25.9 Å². The van der Waals surface area contributed by atoms with Gasteiger partial charge in [0.1, 0.15) is 0 Å². The molecule has 7 heteroatoms. The molecule has 1 aliphatic rings. The molecule has 100 valence electrons. The Balaban J connectivity index is 2.07. The summed E-state index contributed by atoms with van der Waals surface area (Å²) in [6.45, 7) is 3.45. The van der Waals surface area contributed by atoms with Gasteiger partial charge in [0, 0.05) is 13.1 Å². The Morgan fingerprint density at radius 3 is 2.56 bits per heavy atom. The van der Waals surface area contributed by atoms with E-state index in [0.717, 1.165) is 25.9 Å². The first-order valence-electron chi connectivity index (χ1n) is 6.08. The number of ether oxygens (including phenoxy) is 1. The summed E-state index contributed by atoms with van der Waals surface area (Å²) in [7, 11) is 1.50. The molecule has 18 heavy (non-hydrogen) atoms. The van der Waals surface area contributed by atoms with E-state index in [4.69, 9.17) is 10.5 Å². The summed E-state index contributed by atoms with van der Waals surface area (Å²) in [4.78, 5) is 14.2. The largest absolute Gasteiger partial charge is 0.467 e. The monoisotopic (exact) mass is 253 g/mol. The van der Waals surface area contributed by atoms with Crippen LogP contribution < -0.4 is 15.4 Å². The zero-order chi connectivity index (χ0) is 13.1. The third-order valence-corrected chi connectivity index (χ3v) is 3.31. The number of hydrogen-bond acceptors (Lipinski definition) is 7. The van der Waals surface area contributed by atoms with E-state index in [1.165, 1.54) is 7.11 Å². The normalized spacial score (nSPS) is 18.7. The molecule has 0 amide bonds. The average Bonchev–Trinajstić information content (AvgIpc) is 2.38. The lowest BCUT2D eigenvalue weighted by atomic mass is 9.92. The molecule has 1 saturated heterocycles. The van der Waals surface area contributed by atoms with Crippen LogP contribution in [0.4, 0.5) is 11.9 Å². The van der Waals surface area contributed by atoms with Crippen LogP contribution in [0.15, 0.2) is 0 Å². The molecular weight excluding hydrogens is 234 g/mol. The molecule has 0 aliphatic carbocycles. The van der Waals surface area contributed by atoms with Gasteiger partial charge in [-0.3, -0.25) is 0 Å². The molecule has 1 aromatic heterocycles. The van der Waals surface area contributed by atoms with Crippen molar-refractivity contribution in [3.05, 3.63) is 0 Å². The predicted molar refractivity (Wildman–Crippen MR) is 67.4 cm³/mol. The van der Waals surface area contributed by atoms with E-state index in [1.54, 1.807) is 0 Å². The van der Waals surface area contributed by atoms with Gasteiger partial charge in [0.2, 0.25) is 11.9 Å². The van der Waals surface area contributed by atoms with Crippen LogP contribution in [0.2, 0.25) is 0 Å². The highest BCUT2D eigenvalue weighted by Crippen LogP contribution is 2.24. The molecule has 1 aromatic rings. The first-order chi connectivity index (χ1) is 8.60. The molecule has 0 bridgehead atoms. The third-order valence-electron chi connectivity index (χ3n) is 3.31. The van der Waals surface area contributed by atoms with Gasteiger partial charge in [0.05, 0.1) is 13.2 Å². The molecule has 2 heterocycles. The fourth-order valence-electron chi connectivity index (χ4n) is 2.18. The zero-order valence-electron chi connectivity index (χ0n) is 10.7. The molecule has 2 rings (SSSR count). The smallest absolute Gasteiger partial charge is 0.322 e. The number of nitrogen functional groups attached to an aromatic ring is 1. The van der Waals surface area contributed by atoms with Crippen molar-refractivity contribution in [3.63, 3.8) is 0 Å². The van der Waals surface area contributed by atoms with Crippen molar-refractivity contribution in [2.75, 3.05) is 30.8 Å². The van der Waals surface area contributed by atoms with Crippen LogP contribution in [0.25, 0.3) is 0 Å². The zero-order valence-corrected chi connectivity index (χ0v) is 10.7. The van der Waals surface area contributed by atoms with Gasteiger partial charge >= 0.3 is 6.01 Å². The lowest BCUT2D eigenvalue weighted by molar-refractivity contribution is 0.109. The second-order valence-corrected chi connectivity index (χ2v) is 4.55. The van der Waals surface area contributed by atoms with Gasteiger partial charge < -0.3 is 20.5 Å². The van der Waals surface area contributed by atoms with Crippen molar-refractivity contribution >= 4 is 11.9 Å². The minimum absolute atomic E-state index is 0.162. The van der Waals surface area contributed by atoms with E-state index >= 15 is 0 Å². The van der Waals surface area contributed by atoms with Gasteiger partial charge in [0.15, 0.2) is 0 Å². The lowest BCUT2D eigenvalue weighted by Gasteiger charge is -2.33. The Morgan fingerprint density at radius 1 is 1.33 bits per heavy atom. The van der Waals surface area contributed by atoms with E-state index in [-0.39, 0.29) is 18.1 Å². The molecule has 0 radical (unpaired) electrons. The fourth-order valence-corrected chi connectivity index (χ4v) is 2.18. The number of nitrogens with zero attached hydrogens (tertiary/aromatic N) is 4. The van der Waals surface area contributed by atoms with Crippen LogP contribution in [0.5, 0.6) is 6.01 Å². The highest BCUT2D eigenvalue weighted by Gasteiger charge is 2.24. The number of piperidine rings is 1. The molecule has 3 N–H and O–H groups in total. The number of nitrogens with two attached hydrogens (primary N) is 1. The van der Waals surface area contributed by atoms with Crippen molar-refractivity contribution in [2.24, 2.45) is 5.92 Å². The van der Waals surface area contributed by atoms with Crippen molar-refractivity contribution in [3.8, 4) is 6.01 Å². The maximum absolute atomic E-state index is 9.56. The van der Waals surface area contributed by atoms with Crippen LogP contribution in [-0.2, 0) is 0 Å². The summed E-state index contributed by atoms with van der Waals surface area (Å²) < 4.78 is 4.98. The van der Waals surface area contributed by atoms with E-state index < -0.39 is 0 Å². The van der Waals surface area contributed by atoms with Crippen molar-refractivity contribution in [1.82, 2.24) is 15.0 Å². The molecule has 0 saturated carbocycles. The Labute approximate surface area is 106 Å². The molecule has 1 unspecified atom stereocenters. The molecule has 1 aliphatic heterocycles. The minimum Gasteiger partial charge on any atom is -0.467 e. The maximum atomic E-state index is 9.56. The van der Waals surface area contributed by atoms with Gasteiger partial charge in [0.25, 0.3) is 0 Å². The topological polar surface area (TPSA) is 97.4 Å². The Bertz CT molecular complexity index is 404. The van der Waals surface area contributed by atoms with Crippen LogP contribution in [0.3, 0.4) is 0 Å². The quantitative estimate of drug-likeness (QED) is 0.786. The van der Waals surface area contributed by atoms with Crippen LogP contribution in [-0.4, -0.2) is 46.4 Å². The second-order valence-electron chi connectivity index (χ2n) is 4.55.